The Hall–Kier alpha value is -3.27. The van der Waals surface area contributed by atoms with Gasteiger partial charge < -0.3 is 19.7 Å². The summed E-state index contributed by atoms with van der Waals surface area (Å²) in [4.78, 5) is 22.1. The number of fused-ring (bicyclic) bond motifs is 1. The highest BCUT2D eigenvalue weighted by atomic mass is 32.2. The maximum absolute atomic E-state index is 13.5. The number of nitrogens with zero attached hydrogens (tertiary/aromatic N) is 4. The van der Waals surface area contributed by atoms with E-state index in [-0.39, 0.29) is 5.91 Å². The molecule has 4 rings (SSSR count). The van der Waals surface area contributed by atoms with Crippen molar-refractivity contribution >= 4 is 44.0 Å². The van der Waals surface area contributed by atoms with Crippen LogP contribution in [0.4, 0.5) is 17.2 Å². The Morgan fingerprint density at radius 2 is 1.85 bits per heavy atom. The molecule has 10 heteroatoms. The summed E-state index contributed by atoms with van der Waals surface area (Å²) < 4.78 is 27.7. The number of aromatic nitrogens is 2. The molecule has 3 heterocycles. The number of piperazine rings is 1. The molecular weight excluding hydrogens is 452 g/mol. The second kappa shape index (κ2) is 9.54. The van der Waals surface area contributed by atoms with Gasteiger partial charge in [-0.05, 0) is 57.2 Å². The number of nitrogens with one attached hydrogen (secondary N) is 2. The average Bonchev–Trinajstić information content (AvgIpc) is 3.15. The first-order valence-corrected chi connectivity index (χ1v) is 13.4. The van der Waals surface area contributed by atoms with E-state index in [4.69, 9.17) is 0 Å². The van der Waals surface area contributed by atoms with E-state index in [9.17, 15) is 13.2 Å². The standard InChI is InChI=1S/C24H32N6O3S/c1-5-30-21-9-8-19(27-34(4,32)33)15-18(21)16-22(30)24(31)29-13-11-28(12-14-29)23-20(26-17(2)3)7-6-10-25-23/h6-10,15-17,26-27H,5,11-14H2,1-4H3. The summed E-state index contributed by atoms with van der Waals surface area (Å²) in [5.41, 5.74) is 3.00. The monoisotopic (exact) mass is 484 g/mol. The fourth-order valence-corrected chi connectivity index (χ4v) is 4.98. The van der Waals surface area contributed by atoms with Crippen LogP contribution in [-0.4, -0.2) is 67.3 Å². The molecule has 9 nitrogen and oxygen atoms in total. The number of hydrogen-bond donors (Lipinski definition) is 2. The van der Waals surface area contributed by atoms with Crippen molar-refractivity contribution in [2.75, 3.05) is 47.4 Å². The van der Waals surface area contributed by atoms with Crippen LogP contribution in [0.1, 0.15) is 31.3 Å². The first kappa shape index (κ1) is 23.9. The Bertz CT molecular complexity index is 1290. The number of rotatable bonds is 7. The SMILES string of the molecule is CCn1c(C(=O)N2CCN(c3ncccc3NC(C)C)CC2)cc2cc(NS(C)(=O)=O)ccc21. The van der Waals surface area contributed by atoms with E-state index in [1.807, 2.05) is 40.7 Å². The van der Waals surface area contributed by atoms with Crippen molar-refractivity contribution in [3.63, 3.8) is 0 Å². The number of aryl methyl sites for hydroxylation is 1. The maximum atomic E-state index is 13.5. The molecule has 0 saturated carbocycles. The molecule has 1 saturated heterocycles. The van der Waals surface area contributed by atoms with Gasteiger partial charge in [-0.25, -0.2) is 13.4 Å². The molecule has 182 valence electrons. The van der Waals surface area contributed by atoms with Crippen LogP contribution in [0.5, 0.6) is 0 Å². The molecule has 0 radical (unpaired) electrons. The van der Waals surface area contributed by atoms with Crippen LogP contribution < -0.4 is 14.9 Å². The normalized spacial score (nSPS) is 14.6. The van der Waals surface area contributed by atoms with E-state index in [0.717, 1.165) is 28.7 Å². The van der Waals surface area contributed by atoms with Crippen molar-refractivity contribution in [1.29, 1.82) is 0 Å². The van der Waals surface area contributed by atoms with Crippen molar-refractivity contribution < 1.29 is 13.2 Å². The fourth-order valence-electron chi connectivity index (χ4n) is 4.42. The molecule has 3 aromatic rings. The van der Waals surface area contributed by atoms with E-state index >= 15 is 0 Å². The molecule has 0 bridgehead atoms. The molecule has 0 unspecified atom stereocenters. The van der Waals surface area contributed by atoms with Gasteiger partial charge >= 0.3 is 0 Å². The molecule has 1 aromatic carbocycles. The lowest BCUT2D eigenvalue weighted by Crippen LogP contribution is -2.49. The Morgan fingerprint density at radius 3 is 2.50 bits per heavy atom. The Labute approximate surface area is 200 Å². The fraction of sp³-hybridized carbons (Fsp3) is 0.417. The second-order valence-electron chi connectivity index (χ2n) is 8.87. The Kier molecular flexibility index (Phi) is 6.70. The number of amides is 1. The highest BCUT2D eigenvalue weighted by Gasteiger charge is 2.26. The Balaban J connectivity index is 1.52. The van der Waals surface area contributed by atoms with Crippen LogP contribution in [0, 0.1) is 0 Å². The minimum Gasteiger partial charge on any atom is -0.380 e. The summed E-state index contributed by atoms with van der Waals surface area (Å²) >= 11 is 0. The van der Waals surface area contributed by atoms with Gasteiger partial charge in [-0.2, -0.15) is 0 Å². The topological polar surface area (TPSA) is 99.6 Å². The number of benzene rings is 1. The van der Waals surface area contributed by atoms with Gasteiger partial charge in [0.2, 0.25) is 10.0 Å². The van der Waals surface area contributed by atoms with E-state index in [1.165, 1.54) is 0 Å². The maximum Gasteiger partial charge on any atom is 0.270 e. The van der Waals surface area contributed by atoms with Crippen molar-refractivity contribution in [2.45, 2.75) is 33.4 Å². The number of sulfonamides is 1. The summed E-state index contributed by atoms with van der Waals surface area (Å²) in [5.74, 6) is 0.897. The number of hydrogen-bond acceptors (Lipinski definition) is 6. The number of carbonyl (C=O) groups excluding carboxylic acids is 1. The lowest BCUT2D eigenvalue weighted by Gasteiger charge is -2.36. The highest BCUT2D eigenvalue weighted by Crippen LogP contribution is 2.27. The van der Waals surface area contributed by atoms with Gasteiger partial charge in [0.1, 0.15) is 5.69 Å². The zero-order valence-electron chi connectivity index (χ0n) is 20.1. The molecule has 1 aliphatic rings. The van der Waals surface area contributed by atoms with Crippen LogP contribution in [-0.2, 0) is 16.6 Å². The summed E-state index contributed by atoms with van der Waals surface area (Å²) in [6.45, 7) is 9.43. The molecule has 0 atom stereocenters. The van der Waals surface area contributed by atoms with E-state index in [1.54, 1.807) is 18.3 Å². The largest absolute Gasteiger partial charge is 0.380 e. The predicted molar refractivity (Wildman–Crippen MR) is 137 cm³/mol. The van der Waals surface area contributed by atoms with Gasteiger partial charge in [0.15, 0.2) is 5.82 Å². The van der Waals surface area contributed by atoms with Crippen LogP contribution in [0.25, 0.3) is 10.9 Å². The smallest absolute Gasteiger partial charge is 0.270 e. The molecule has 1 amide bonds. The first-order valence-electron chi connectivity index (χ1n) is 11.5. The van der Waals surface area contributed by atoms with Gasteiger partial charge in [-0.1, -0.05) is 0 Å². The van der Waals surface area contributed by atoms with E-state index in [0.29, 0.717) is 50.1 Å². The molecule has 0 aliphatic carbocycles. The minimum absolute atomic E-state index is 0.0168. The van der Waals surface area contributed by atoms with Crippen molar-refractivity contribution in [2.24, 2.45) is 0 Å². The molecule has 1 fully saturated rings. The van der Waals surface area contributed by atoms with Crippen molar-refractivity contribution in [3.8, 4) is 0 Å². The molecule has 2 aromatic heterocycles. The van der Waals surface area contributed by atoms with Gasteiger partial charge in [-0.3, -0.25) is 9.52 Å². The minimum atomic E-state index is -3.37. The number of pyridine rings is 1. The van der Waals surface area contributed by atoms with Crippen LogP contribution >= 0.6 is 0 Å². The third-order valence-corrected chi connectivity index (χ3v) is 6.44. The van der Waals surface area contributed by atoms with Crippen LogP contribution in [0.2, 0.25) is 0 Å². The molecule has 0 spiro atoms. The summed E-state index contributed by atoms with van der Waals surface area (Å²) in [6, 6.07) is 11.5. The molecule has 2 N–H and O–H groups in total. The van der Waals surface area contributed by atoms with Gasteiger partial charge in [0.25, 0.3) is 5.91 Å². The predicted octanol–water partition coefficient (Wildman–Crippen LogP) is 3.21. The summed E-state index contributed by atoms with van der Waals surface area (Å²) in [7, 11) is -3.37. The summed E-state index contributed by atoms with van der Waals surface area (Å²) in [6.07, 6.45) is 2.92. The molecule has 34 heavy (non-hydrogen) atoms. The summed E-state index contributed by atoms with van der Waals surface area (Å²) in [5, 5.41) is 4.28. The van der Waals surface area contributed by atoms with Crippen molar-refractivity contribution in [3.05, 3.63) is 48.3 Å². The van der Waals surface area contributed by atoms with E-state index < -0.39 is 10.0 Å². The first-order chi connectivity index (χ1) is 16.2. The van der Waals surface area contributed by atoms with Crippen LogP contribution in [0.3, 0.4) is 0 Å². The average molecular weight is 485 g/mol. The lowest BCUT2D eigenvalue weighted by atomic mass is 10.2. The highest BCUT2D eigenvalue weighted by molar-refractivity contribution is 7.92. The molecule has 1 aliphatic heterocycles. The number of carbonyl (C=O) groups is 1. The lowest BCUT2D eigenvalue weighted by molar-refractivity contribution is 0.0736. The van der Waals surface area contributed by atoms with E-state index in [2.05, 4.69) is 33.8 Å². The van der Waals surface area contributed by atoms with Crippen molar-refractivity contribution in [1.82, 2.24) is 14.5 Å². The Morgan fingerprint density at radius 1 is 1.12 bits per heavy atom. The third-order valence-electron chi connectivity index (χ3n) is 5.84. The van der Waals surface area contributed by atoms with Crippen LogP contribution in [0.15, 0.2) is 42.6 Å². The third kappa shape index (κ3) is 5.11. The quantitative estimate of drug-likeness (QED) is 0.534. The number of anilines is 3. The zero-order valence-corrected chi connectivity index (χ0v) is 20.9. The zero-order chi connectivity index (χ0) is 24.5. The van der Waals surface area contributed by atoms with Gasteiger partial charge in [-0.15, -0.1) is 0 Å². The van der Waals surface area contributed by atoms with Gasteiger partial charge in [0.05, 0.1) is 11.9 Å². The van der Waals surface area contributed by atoms with Gasteiger partial charge in [0, 0.05) is 61.6 Å². The second-order valence-corrected chi connectivity index (χ2v) is 10.6. The molecular formula is C24H32N6O3S.